The van der Waals surface area contributed by atoms with Crippen LogP contribution in [-0.4, -0.2) is 41.7 Å². The summed E-state index contributed by atoms with van der Waals surface area (Å²) in [7, 11) is 1.36. The number of benzene rings is 2. The van der Waals surface area contributed by atoms with Gasteiger partial charge in [-0.15, -0.1) is 0 Å². The molecule has 1 heterocycles. The van der Waals surface area contributed by atoms with Crippen LogP contribution >= 0.6 is 11.8 Å². The van der Waals surface area contributed by atoms with Gasteiger partial charge in [0.05, 0.1) is 29.9 Å². The number of amidine groups is 1. The second-order valence-electron chi connectivity index (χ2n) is 9.28. The lowest BCUT2D eigenvalue weighted by atomic mass is 9.94. The standard InChI is InChI=1S/C28H32N2O4S/c1-19(2)18-34-24-15-9-20(10-16-24)17-25-26(31)30(23-7-5-4-6-8-23)28(35-25)29-22-13-11-21(12-14-22)27(32)33-3/h9-17,19,23H,4-8,18H2,1-3H3/b25-17+,29-28?. The third-order valence-corrected chi connectivity index (χ3v) is 7.03. The van der Waals surface area contributed by atoms with Crippen LogP contribution in [0.4, 0.5) is 5.69 Å². The average Bonchev–Trinajstić information content (AvgIpc) is 3.18. The van der Waals surface area contributed by atoms with E-state index >= 15 is 0 Å². The Balaban J connectivity index is 1.59. The van der Waals surface area contributed by atoms with E-state index in [-0.39, 0.29) is 17.9 Å². The quantitative estimate of drug-likeness (QED) is 0.328. The minimum atomic E-state index is -0.385. The van der Waals surface area contributed by atoms with Crippen LogP contribution in [0.2, 0.25) is 0 Å². The van der Waals surface area contributed by atoms with Gasteiger partial charge >= 0.3 is 5.97 Å². The molecular weight excluding hydrogens is 460 g/mol. The number of hydrogen-bond acceptors (Lipinski definition) is 6. The Hall–Kier alpha value is -3.06. The summed E-state index contributed by atoms with van der Waals surface area (Å²) in [4.78, 5) is 32.6. The summed E-state index contributed by atoms with van der Waals surface area (Å²) >= 11 is 1.41. The van der Waals surface area contributed by atoms with Crippen molar-refractivity contribution in [3.8, 4) is 5.75 Å². The molecule has 0 aromatic heterocycles. The largest absolute Gasteiger partial charge is 0.493 e. The summed E-state index contributed by atoms with van der Waals surface area (Å²) < 4.78 is 10.5. The molecule has 1 amide bonds. The van der Waals surface area contributed by atoms with Crippen molar-refractivity contribution < 1.29 is 19.1 Å². The Morgan fingerprint density at radius 3 is 2.40 bits per heavy atom. The second kappa shape index (κ2) is 11.6. The fourth-order valence-electron chi connectivity index (χ4n) is 4.20. The van der Waals surface area contributed by atoms with Crippen LogP contribution in [0.3, 0.4) is 0 Å². The topological polar surface area (TPSA) is 68.2 Å². The summed E-state index contributed by atoms with van der Waals surface area (Å²) in [6, 6.07) is 14.9. The molecule has 35 heavy (non-hydrogen) atoms. The summed E-state index contributed by atoms with van der Waals surface area (Å²) in [5.41, 5.74) is 2.11. The molecule has 1 saturated carbocycles. The van der Waals surface area contributed by atoms with Gasteiger partial charge in [0.25, 0.3) is 5.91 Å². The fourth-order valence-corrected chi connectivity index (χ4v) is 5.26. The number of aliphatic imine (C=N–C) groups is 1. The van der Waals surface area contributed by atoms with E-state index in [4.69, 9.17) is 14.5 Å². The van der Waals surface area contributed by atoms with Gasteiger partial charge in [-0.2, -0.15) is 0 Å². The lowest BCUT2D eigenvalue weighted by molar-refractivity contribution is -0.124. The number of ether oxygens (including phenoxy) is 2. The van der Waals surface area contributed by atoms with Crippen molar-refractivity contribution in [2.75, 3.05) is 13.7 Å². The SMILES string of the molecule is COC(=O)c1ccc(N=C2S/C(=C/c3ccc(OCC(C)C)cc3)C(=O)N2C2CCCCC2)cc1. The van der Waals surface area contributed by atoms with E-state index in [1.165, 1.54) is 25.3 Å². The lowest BCUT2D eigenvalue weighted by Crippen LogP contribution is -2.40. The molecule has 2 aliphatic rings. The number of nitrogens with zero attached hydrogens (tertiary/aromatic N) is 2. The van der Waals surface area contributed by atoms with E-state index in [2.05, 4.69) is 13.8 Å². The van der Waals surface area contributed by atoms with Crippen LogP contribution in [0.5, 0.6) is 5.75 Å². The first-order valence-electron chi connectivity index (χ1n) is 12.2. The highest BCUT2D eigenvalue weighted by Crippen LogP contribution is 2.38. The predicted octanol–water partition coefficient (Wildman–Crippen LogP) is 6.44. The molecule has 184 valence electrons. The van der Waals surface area contributed by atoms with Gasteiger partial charge in [-0.25, -0.2) is 9.79 Å². The van der Waals surface area contributed by atoms with Crippen LogP contribution < -0.4 is 4.74 Å². The second-order valence-corrected chi connectivity index (χ2v) is 10.3. The number of thioether (sulfide) groups is 1. The highest BCUT2D eigenvalue weighted by atomic mass is 32.2. The maximum atomic E-state index is 13.5. The van der Waals surface area contributed by atoms with E-state index in [0.717, 1.165) is 37.0 Å². The van der Waals surface area contributed by atoms with Crippen molar-refractivity contribution in [3.63, 3.8) is 0 Å². The Morgan fingerprint density at radius 2 is 1.77 bits per heavy atom. The van der Waals surface area contributed by atoms with Crippen molar-refractivity contribution in [2.24, 2.45) is 10.9 Å². The van der Waals surface area contributed by atoms with Crippen molar-refractivity contribution >= 4 is 40.6 Å². The van der Waals surface area contributed by atoms with Crippen molar-refractivity contribution in [2.45, 2.75) is 52.0 Å². The molecule has 0 bridgehead atoms. The Morgan fingerprint density at radius 1 is 1.09 bits per heavy atom. The maximum Gasteiger partial charge on any atom is 0.337 e. The smallest absolute Gasteiger partial charge is 0.337 e. The molecule has 0 unspecified atom stereocenters. The van der Waals surface area contributed by atoms with Crippen LogP contribution in [0, 0.1) is 5.92 Å². The van der Waals surface area contributed by atoms with Gasteiger partial charge in [0.1, 0.15) is 5.75 Å². The van der Waals surface area contributed by atoms with Gasteiger partial charge in [-0.05, 0) is 78.6 Å². The van der Waals surface area contributed by atoms with E-state index in [1.807, 2.05) is 35.2 Å². The first kappa shape index (κ1) is 25.0. The van der Waals surface area contributed by atoms with E-state index < -0.39 is 0 Å². The van der Waals surface area contributed by atoms with Crippen LogP contribution in [-0.2, 0) is 9.53 Å². The Labute approximate surface area is 211 Å². The summed E-state index contributed by atoms with van der Waals surface area (Å²) in [5.74, 6) is 0.911. The monoisotopic (exact) mass is 492 g/mol. The van der Waals surface area contributed by atoms with E-state index in [9.17, 15) is 9.59 Å². The molecule has 1 saturated heterocycles. The highest BCUT2D eigenvalue weighted by Gasteiger charge is 2.38. The lowest BCUT2D eigenvalue weighted by Gasteiger charge is -2.30. The first-order valence-corrected chi connectivity index (χ1v) is 13.0. The molecule has 1 aliphatic heterocycles. The third kappa shape index (κ3) is 6.34. The van der Waals surface area contributed by atoms with Gasteiger partial charge in [-0.3, -0.25) is 9.69 Å². The zero-order valence-corrected chi connectivity index (χ0v) is 21.3. The number of esters is 1. The zero-order chi connectivity index (χ0) is 24.8. The minimum Gasteiger partial charge on any atom is -0.493 e. The average molecular weight is 493 g/mol. The van der Waals surface area contributed by atoms with E-state index in [0.29, 0.717) is 33.8 Å². The maximum absolute atomic E-state index is 13.5. The van der Waals surface area contributed by atoms with Crippen LogP contribution in [0.1, 0.15) is 61.9 Å². The van der Waals surface area contributed by atoms with Gasteiger partial charge in [0, 0.05) is 6.04 Å². The molecule has 2 fully saturated rings. The Kier molecular flexibility index (Phi) is 8.29. The molecule has 1 aliphatic carbocycles. The van der Waals surface area contributed by atoms with Crippen molar-refractivity contribution in [3.05, 3.63) is 64.6 Å². The van der Waals surface area contributed by atoms with Crippen molar-refractivity contribution in [1.29, 1.82) is 0 Å². The molecule has 2 aromatic rings. The zero-order valence-electron chi connectivity index (χ0n) is 20.5. The molecule has 0 atom stereocenters. The minimum absolute atomic E-state index is 0.00645. The summed E-state index contributed by atoms with van der Waals surface area (Å²) in [5, 5.41) is 0.691. The number of methoxy groups -OCH3 is 1. The molecule has 0 radical (unpaired) electrons. The Bertz CT molecular complexity index is 1100. The normalized spacial score (nSPS) is 19.1. The number of rotatable bonds is 7. The molecular formula is C28H32N2O4S. The highest BCUT2D eigenvalue weighted by molar-refractivity contribution is 8.18. The van der Waals surface area contributed by atoms with Gasteiger partial charge in [-0.1, -0.05) is 45.2 Å². The first-order chi connectivity index (χ1) is 16.9. The van der Waals surface area contributed by atoms with Crippen LogP contribution in [0.25, 0.3) is 6.08 Å². The molecule has 6 nitrogen and oxygen atoms in total. The molecule has 4 rings (SSSR count). The van der Waals surface area contributed by atoms with Gasteiger partial charge in [0.2, 0.25) is 0 Å². The number of amides is 1. The van der Waals surface area contributed by atoms with Crippen molar-refractivity contribution in [1.82, 2.24) is 4.90 Å². The third-order valence-electron chi connectivity index (χ3n) is 6.05. The fraction of sp³-hybridized carbons (Fsp3) is 0.393. The predicted molar refractivity (Wildman–Crippen MR) is 141 cm³/mol. The molecule has 2 aromatic carbocycles. The van der Waals surface area contributed by atoms with Gasteiger partial charge < -0.3 is 9.47 Å². The number of carbonyl (C=O) groups excluding carboxylic acids is 2. The molecule has 7 heteroatoms. The number of carbonyl (C=O) groups is 2. The molecule has 0 N–H and O–H groups in total. The summed E-state index contributed by atoms with van der Waals surface area (Å²) in [6.07, 6.45) is 7.36. The van der Waals surface area contributed by atoms with E-state index in [1.54, 1.807) is 24.3 Å². The molecule has 0 spiro atoms. The number of hydrogen-bond donors (Lipinski definition) is 0. The van der Waals surface area contributed by atoms with Crippen LogP contribution in [0.15, 0.2) is 58.4 Å². The van der Waals surface area contributed by atoms with Gasteiger partial charge in [0.15, 0.2) is 5.17 Å². The summed E-state index contributed by atoms with van der Waals surface area (Å²) in [6.45, 7) is 4.91.